The number of carbonyl (C=O) groups excluding carboxylic acids is 1. The molecule has 4 rings (SSSR count). The molecular weight excluding hydrogens is 364 g/mol. The molecule has 0 aliphatic carbocycles. The Balaban J connectivity index is 1.39. The quantitative estimate of drug-likeness (QED) is 0.517. The van der Waals surface area contributed by atoms with Crippen LogP contribution in [-0.2, 0) is 11.2 Å². The van der Waals surface area contributed by atoms with E-state index in [-0.39, 0.29) is 5.91 Å². The fourth-order valence-electron chi connectivity index (χ4n) is 3.29. The van der Waals surface area contributed by atoms with Crippen molar-refractivity contribution in [2.24, 2.45) is 0 Å². The van der Waals surface area contributed by atoms with Crippen LogP contribution in [0, 0.1) is 13.8 Å². The van der Waals surface area contributed by atoms with Gasteiger partial charge in [0.25, 0.3) is 0 Å². The lowest BCUT2D eigenvalue weighted by Gasteiger charge is -2.04. The zero-order valence-corrected chi connectivity index (χ0v) is 16.4. The Bertz CT molecular complexity index is 1170. The van der Waals surface area contributed by atoms with Crippen molar-refractivity contribution in [3.8, 4) is 5.69 Å². The lowest BCUT2D eigenvalue weighted by Crippen LogP contribution is -2.24. The maximum atomic E-state index is 12.2. The first-order valence-corrected chi connectivity index (χ1v) is 9.49. The van der Waals surface area contributed by atoms with Gasteiger partial charge in [-0.05, 0) is 44.2 Å². The molecule has 0 spiro atoms. The van der Waals surface area contributed by atoms with Crippen LogP contribution in [0.1, 0.15) is 22.8 Å². The number of carbonyl (C=O) groups is 1. The van der Waals surface area contributed by atoms with Gasteiger partial charge in [0.1, 0.15) is 5.82 Å². The summed E-state index contributed by atoms with van der Waals surface area (Å²) in [6, 6.07) is 15.7. The Kier molecular flexibility index (Phi) is 5.20. The molecule has 0 radical (unpaired) electrons. The third kappa shape index (κ3) is 3.94. The highest BCUT2D eigenvalue weighted by Gasteiger charge is 2.11. The summed E-state index contributed by atoms with van der Waals surface area (Å²) in [7, 11) is 0. The largest absolute Gasteiger partial charge is 0.352 e. The Morgan fingerprint density at radius 2 is 1.86 bits per heavy atom. The number of hydrogen-bond donors (Lipinski definition) is 1. The van der Waals surface area contributed by atoms with E-state index >= 15 is 0 Å². The average molecular weight is 386 g/mol. The zero-order chi connectivity index (χ0) is 20.2. The van der Waals surface area contributed by atoms with E-state index in [0.29, 0.717) is 13.0 Å². The highest BCUT2D eigenvalue weighted by Crippen LogP contribution is 2.19. The number of pyridine rings is 1. The van der Waals surface area contributed by atoms with Crippen LogP contribution < -0.4 is 5.32 Å². The van der Waals surface area contributed by atoms with Gasteiger partial charge in [0.15, 0.2) is 5.65 Å². The lowest BCUT2D eigenvalue weighted by atomic mass is 10.2. The number of aryl methyl sites for hydroxylation is 1. The van der Waals surface area contributed by atoms with E-state index in [2.05, 4.69) is 20.6 Å². The lowest BCUT2D eigenvalue weighted by molar-refractivity contribution is -0.116. The van der Waals surface area contributed by atoms with Crippen molar-refractivity contribution < 1.29 is 4.79 Å². The standard InChI is InChI=1S/C22H22N6O/c1-16-19(17(2)28(26-16)18-8-4-3-5-9-18)11-12-22(29)23-14-13-21-25-24-20-10-6-7-15-27(20)21/h3-12,15H,13-14H2,1-2H3,(H,23,29). The molecule has 0 saturated heterocycles. The summed E-state index contributed by atoms with van der Waals surface area (Å²) in [6.45, 7) is 4.43. The third-order valence-electron chi connectivity index (χ3n) is 4.78. The van der Waals surface area contributed by atoms with E-state index in [1.807, 2.05) is 83.7 Å². The summed E-state index contributed by atoms with van der Waals surface area (Å²) in [5.74, 6) is 0.672. The second kappa shape index (κ2) is 8.10. The molecule has 1 aromatic carbocycles. The maximum Gasteiger partial charge on any atom is 0.244 e. The molecule has 4 aromatic rings. The molecule has 29 heavy (non-hydrogen) atoms. The molecule has 146 valence electrons. The minimum Gasteiger partial charge on any atom is -0.352 e. The number of nitrogens with zero attached hydrogens (tertiary/aromatic N) is 5. The minimum atomic E-state index is -0.148. The Morgan fingerprint density at radius 3 is 2.69 bits per heavy atom. The predicted molar refractivity (Wildman–Crippen MR) is 112 cm³/mol. The molecule has 7 heteroatoms. The van der Waals surface area contributed by atoms with E-state index in [4.69, 9.17) is 0 Å². The van der Waals surface area contributed by atoms with Crippen molar-refractivity contribution in [1.82, 2.24) is 29.7 Å². The monoisotopic (exact) mass is 386 g/mol. The maximum absolute atomic E-state index is 12.2. The number of amides is 1. The van der Waals surface area contributed by atoms with E-state index in [1.54, 1.807) is 6.08 Å². The van der Waals surface area contributed by atoms with Crippen LogP contribution in [0.15, 0.2) is 60.8 Å². The van der Waals surface area contributed by atoms with Crippen LogP contribution in [0.25, 0.3) is 17.4 Å². The Morgan fingerprint density at radius 1 is 1.07 bits per heavy atom. The van der Waals surface area contributed by atoms with Crippen LogP contribution in [-0.4, -0.2) is 36.8 Å². The Labute approximate surface area is 168 Å². The topological polar surface area (TPSA) is 77.1 Å². The van der Waals surface area contributed by atoms with Crippen molar-refractivity contribution in [3.05, 3.63) is 83.6 Å². The van der Waals surface area contributed by atoms with Gasteiger partial charge >= 0.3 is 0 Å². The molecule has 3 aromatic heterocycles. The van der Waals surface area contributed by atoms with Gasteiger partial charge in [-0.15, -0.1) is 10.2 Å². The number of nitrogens with one attached hydrogen (secondary N) is 1. The van der Waals surface area contributed by atoms with Crippen molar-refractivity contribution in [2.45, 2.75) is 20.3 Å². The molecule has 0 bridgehead atoms. The molecule has 1 N–H and O–H groups in total. The van der Waals surface area contributed by atoms with E-state index < -0.39 is 0 Å². The molecule has 0 unspecified atom stereocenters. The van der Waals surface area contributed by atoms with Crippen molar-refractivity contribution in [3.63, 3.8) is 0 Å². The van der Waals surface area contributed by atoms with Crippen molar-refractivity contribution >= 4 is 17.6 Å². The van der Waals surface area contributed by atoms with Crippen molar-refractivity contribution in [1.29, 1.82) is 0 Å². The fourth-order valence-corrected chi connectivity index (χ4v) is 3.29. The summed E-state index contributed by atoms with van der Waals surface area (Å²) in [5, 5.41) is 15.8. The van der Waals surface area contributed by atoms with Gasteiger partial charge in [-0.2, -0.15) is 5.10 Å². The summed E-state index contributed by atoms with van der Waals surface area (Å²) in [5.41, 5.74) is 4.62. The molecule has 0 atom stereocenters. The molecule has 0 fully saturated rings. The van der Waals surface area contributed by atoms with E-state index in [1.165, 1.54) is 0 Å². The molecule has 1 amide bonds. The van der Waals surface area contributed by atoms with E-state index in [0.717, 1.165) is 34.1 Å². The zero-order valence-electron chi connectivity index (χ0n) is 16.4. The van der Waals surface area contributed by atoms with Crippen LogP contribution in [0.2, 0.25) is 0 Å². The van der Waals surface area contributed by atoms with Gasteiger partial charge < -0.3 is 5.32 Å². The van der Waals surface area contributed by atoms with Crippen LogP contribution in [0.5, 0.6) is 0 Å². The minimum absolute atomic E-state index is 0.148. The van der Waals surface area contributed by atoms with Gasteiger partial charge in [-0.1, -0.05) is 24.3 Å². The highest BCUT2D eigenvalue weighted by molar-refractivity contribution is 5.92. The first kappa shape index (κ1) is 18.6. The predicted octanol–water partition coefficient (Wildman–Crippen LogP) is 2.90. The van der Waals surface area contributed by atoms with Gasteiger partial charge in [-0.25, -0.2) is 4.68 Å². The first-order chi connectivity index (χ1) is 14.1. The van der Waals surface area contributed by atoms with Gasteiger partial charge in [0, 0.05) is 36.5 Å². The van der Waals surface area contributed by atoms with Gasteiger partial charge in [0.2, 0.25) is 5.91 Å². The van der Waals surface area contributed by atoms with Crippen LogP contribution in [0.4, 0.5) is 0 Å². The van der Waals surface area contributed by atoms with Crippen molar-refractivity contribution in [2.75, 3.05) is 6.54 Å². The Hall–Kier alpha value is -3.74. The van der Waals surface area contributed by atoms with Gasteiger partial charge in [0.05, 0.1) is 11.4 Å². The SMILES string of the molecule is Cc1nn(-c2ccccc2)c(C)c1C=CC(=O)NCCc1nnc2ccccn12. The number of para-hydroxylation sites is 1. The summed E-state index contributed by atoms with van der Waals surface area (Å²) in [6.07, 6.45) is 5.89. The van der Waals surface area contributed by atoms with E-state index in [9.17, 15) is 4.79 Å². The number of hydrogen-bond acceptors (Lipinski definition) is 4. The van der Waals surface area contributed by atoms with Crippen LogP contribution >= 0.6 is 0 Å². The third-order valence-corrected chi connectivity index (χ3v) is 4.78. The summed E-state index contributed by atoms with van der Waals surface area (Å²) >= 11 is 0. The molecule has 0 saturated carbocycles. The molecule has 7 nitrogen and oxygen atoms in total. The molecule has 0 aliphatic heterocycles. The molecule has 0 aliphatic rings. The van der Waals surface area contributed by atoms with Gasteiger partial charge in [-0.3, -0.25) is 9.20 Å². The normalized spacial score (nSPS) is 11.4. The summed E-state index contributed by atoms with van der Waals surface area (Å²) in [4.78, 5) is 12.2. The molecule has 3 heterocycles. The fraction of sp³-hybridized carbons (Fsp3) is 0.182. The second-order valence-corrected chi connectivity index (χ2v) is 6.75. The smallest absolute Gasteiger partial charge is 0.244 e. The molecular formula is C22H22N6O. The number of fused-ring (bicyclic) bond motifs is 1. The summed E-state index contributed by atoms with van der Waals surface area (Å²) < 4.78 is 3.82. The number of rotatable bonds is 6. The highest BCUT2D eigenvalue weighted by atomic mass is 16.1. The average Bonchev–Trinajstić information content (AvgIpc) is 3.28. The van der Waals surface area contributed by atoms with Crippen LogP contribution in [0.3, 0.4) is 0 Å². The second-order valence-electron chi connectivity index (χ2n) is 6.75. The first-order valence-electron chi connectivity index (χ1n) is 9.49. The number of aromatic nitrogens is 5. The number of benzene rings is 1.